The molecule has 0 saturated carbocycles. The standard InChI is InChI=1S/C14H13FN6O/c15-9-1-2-11-10(5-9)13(17-8-16-11)21-4-3-14(22,7-21)12-6-18-20-19-12/h1-2,5-6,8,22H,3-4,7H2,(H,18,19,20). The molecular formula is C14H13FN6O. The summed E-state index contributed by atoms with van der Waals surface area (Å²) < 4.78 is 13.5. The summed E-state index contributed by atoms with van der Waals surface area (Å²) in [7, 11) is 0. The highest BCUT2D eigenvalue weighted by Crippen LogP contribution is 2.34. The maximum atomic E-state index is 13.5. The zero-order chi connectivity index (χ0) is 15.2. The van der Waals surface area contributed by atoms with Gasteiger partial charge in [-0.1, -0.05) is 0 Å². The fourth-order valence-corrected chi connectivity index (χ4v) is 2.88. The van der Waals surface area contributed by atoms with E-state index in [-0.39, 0.29) is 5.82 Å². The molecule has 3 aromatic rings. The number of halogens is 1. The predicted molar refractivity (Wildman–Crippen MR) is 76.6 cm³/mol. The van der Waals surface area contributed by atoms with Crippen LogP contribution in [0.4, 0.5) is 10.2 Å². The number of nitrogens with one attached hydrogen (secondary N) is 1. The average molecular weight is 300 g/mol. The topological polar surface area (TPSA) is 90.8 Å². The van der Waals surface area contributed by atoms with Crippen LogP contribution in [0.3, 0.4) is 0 Å². The molecular weight excluding hydrogens is 287 g/mol. The van der Waals surface area contributed by atoms with Crippen molar-refractivity contribution in [2.45, 2.75) is 12.0 Å². The normalized spacial score (nSPS) is 21.6. The summed E-state index contributed by atoms with van der Waals surface area (Å²) in [6.45, 7) is 0.911. The van der Waals surface area contributed by atoms with Crippen molar-refractivity contribution in [3.8, 4) is 0 Å². The molecule has 1 atom stereocenters. The molecule has 2 N–H and O–H groups in total. The third kappa shape index (κ3) is 2.00. The Morgan fingerprint density at radius 3 is 3.05 bits per heavy atom. The molecule has 3 heterocycles. The highest BCUT2D eigenvalue weighted by molar-refractivity contribution is 5.89. The number of rotatable bonds is 2. The Bertz CT molecular complexity index is 823. The van der Waals surface area contributed by atoms with Crippen LogP contribution < -0.4 is 4.90 Å². The number of aromatic nitrogens is 5. The Morgan fingerprint density at radius 1 is 1.32 bits per heavy atom. The Balaban J connectivity index is 1.73. The maximum absolute atomic E-state index is 13.5. The van der Waals surface area contributed by atoms with Crippen molar-refractivity contribution in [2.24, 2.45) is 0 Å². The van der Waals surface area contributed by atoms with Crippen molar-refractivity contribution < 1.29 is 9.50 Å². The van der Waals surface area contributed by atoms with Crippen molar-refractivity contribution in [1.82, 2.24) is 25.4 Å². The zero-order valence-corrected chi connectivity index (χ0v) is 11.6. The van der Waals surface area contributed by atoms with Crippen LogP contribution >= 0.6 is 0 Å². The first kappa shape index (κ1) is 13.1. The van der Waals surface area contributed by atoms with Crippen LogP contribution in [0.15, 0.2) is 30.7 Å². The number of aliphatic hydroxyl groups is 1. The Labute approximate surface area is 124 Å². The second-order valence-corrected chi connectivity index (χ2v) is 5.42. The molecule has 1 aliphatic heterocycles. The van der Waals surface area contributed by atoms with E-state index < -0.39 is 5.60 Å². The van der Waals surface area contributed by atoms with Crippen LogP contribution in [0.1, 0.15) is 12.1 Å². The summed E-state index contributed by atoms with van der Waals surface area (Å²) in [5.74, 6) is 0.276. The molecule has 2 aromatic heterocycles. The third-order valence-corrected chi connectivity index (χ3v) is 4.02. The van der Waals surface area contributed by atoms with E-state index in [1.165, 1.54) is 24.7 Å². The van der Waals surface area contributed by atoms with E-state index in [0.717, 1.165) is 0 Å². The van der Waals surface area contributed by atoms with E-state index in [1.54, 1.807) is 6.07 Å². The van der Waals surface area contributed by atoms with Crippen molar-refractivity contribution in [3.63, 3.8) is 0 Å². The maximum Gasteiger partial charge on any atom is 0.140 e. The number of hydrogen-bond donors (Lipinski definition) is 2. The number of aromatic amines is 1. The minimum atomic E-state index is -1.09. The number of H-pyrrole nitrogens is 1. The zero-order valence-electron chi connectivity index (χ0n) is 11.6. The van der Waals surface area contributed by atoms with Crippen molar-refractivity contribution in [1.29, 1.82) is 0 Å². The van der Waals surface area contributed by atoms with Gasteiger partial charge in [0.05, 0.1) is 18.3 Å². The molecule has 0 radical (unpaired) electrons. The first-order valence-electron chi connectivity index (χ1n) is 6.90. The van der Waals surface area contributed by atoms with Crippen molar-refractivity contribution >= 4 is 16.7 Å². The van der Waals surface area contributed by atoms with Crippen LogP contribution in [0.25, 0.3) is 10.9 Å². The molecule has 1 aliphatic rings. The van der Waals surface area contributed by atoms with E-state index in [9.17, 15) is 9.50 Å². The third-order valence-electron chi connectivity index (χ3n) is 4.02. The highest BCUT2D eigenvalue weighted by Gasteiger charge is 2.40. The molecule has 1 fully saturated rings. The summed E-state index contributed by atoms with van der Waals surface area (Å²) in [4.78, 5) is 10.3. The van der Waals surface area contributed by atoms with Gasteiger partial charge >= 0.3 is 0 Å². The smallest absolute Gasteiger partial charge is 0.140 e. The number of anilines is 1. The number of β-amino-alcohol motifs (C(OH)–C–C–N with tert-alkyl or cyclic N) is 1. The average Bonchev–Trinajstić information content (AvgIpc) is 3.17. The summed E-state index contributed by atoms with van der Waals surface area (Å²) in [6, 6.07) is 4.41. The molecule has 4 rings (SSSR count). The second-order valence-electron chi connectivity index (χ2n) is 5.42. The number of fused-ring (bicyclic) bond motifs is 1. The van der Waals surface area contributed by atoms with Gasteiger partial charge in [-0.3, -0.25) is 0 Å². The van der Waals surface area contributed by atoms with Gasteiger partial charge in [-0.15, -0.1) is 0 Å². The summed E-state index contributed by atoms with van der Waals surface area (Å²) in [5.41, 5.74) is 0.0836. The lowest BCUT2D eigenvalue weighted by molar-refractivity contribution is 0.0559. The predicted octanol–water partition coefficient (Wildman–Crippen LogP) is 0.985. The SMILES string of the molecule is OC1(c2cn[nH]n2)CCN(c2ncnc3ccc(F)cc23)C1. The Hall–Kier alpha value is -2.61. The Kier molecular flexibility index (Phi) is 2.80. The van der Waals surface area contributed by atoms with E-state index in [4.69, 9.17) is 0 Å². The molecule has 7 nitrogen and oxygen atoms in total. The van der Waals surface area contributed by atoms with Crippen LogP contribution in [0.2, 0.25) is 0 Å². The van der Waals surface area contributed by atoms with Crippen LogP contribution in [-0.4, -0.2) is 43.6 Å². The Morgan fingerprint density at radius 2 is 2.23 bits per heavy atom. The van der Waals surface area contributed by atoms with Crippen molar-refractivity contribution in [3.05, 3.63) is 42.2 Å². The van der Waals surface area contributed by atoms with E-state index in [2.05, 4.69) is 25.4 Å². The fourth-order valence-electron chi connectivity index (χ4n) is 2.88. The molecule has 8 heteroatoms. The van der Waals surface area contributed by atoms with Crippen LogP contribution in [0, 0.1) is 5.82 Å². The molecule has 0 spiro atoms. The molecule has 1 aromatic carbocycles. The van der Waals surface area contributed by atoms with Gasteiger partial charge in [0.1, 0.15) is 29.3 Å². The fraction of sp³-hybridized carbons (Fsp3) is 0.286. The van der Waals surface area contributed by atoms with Gasteiger partial charge in [0.15, 0.2) is 0 Å². The van der Waals surface area contributed by atoms with Gasteiger partial charge in [-0.25, -0.2) is 14.4 Å². The number of benzene rings is 1. The van der Waals surface area contributed by atoms with Crippen molar-refractivity contribution in [2.75, 3.05) is 18.0 Å². The quantitative estimate of drug-likeness (QED) is 0.733. The molecule has 0 amide bonds. The largest absolute Gasteiger partial charge is 0.381 e. The lowest BCUT2D eigenvalue weighted by Crippen LogP contribution is -2.31. The van der Waals surface area contributed by atoms with Gasteiger partial charge < -0.3 is 10.0 Å². The monoisotopic (exact) mass is 300 g/mol. The molecule has 1 saturated heterocycles. The molecule has 0 bridgehead atoms. The van der Waals surface area contributed by atoms with Gasteiger partial charge in [0.2, 0.25) is 0 Å². The molecule has 0 aliphatic carbocycles. The second kappa shape index (κ2) is 4.70. The molecule has 1 unspecified atom stereocenters. The number of hydrogen-bond acceptors (Lipinski definition) is 6. The van der Waals surface area contributed by atoms with Gasteiger partial charge in [-0.2, -0.15) is 15.4 Å². The minimum absolute atomic E-state index is 0.322. The lowest BCUT2D eigenvalue weighted by Gasteiger charge is -2.22. The van der Waals surface area contributed by atoms with Gasteiger partial charge in [0.25, 0.3) is 0 Å². The highest BCUT2D eigenvalue weighted by atomic mass is 19.1. The van der Waals surface area contributed by atoms with Gasteiger partial charge in [0, 0.05) is 18.4 Å². The summed E-state index contributed by atoms with van der Waals surface area (Å²) in [6.07, 6.45) is 3.46. The molecule has 22 heavy (non-hydrogen) atoms. The number of nitrogens with zero attached hydrogens (tertiary/aromatic N) is 5. The summed E-state index contributed by atoms with van der Waals surface area (Å²) >= 11 is 0. The first-order valence-corrected chi connectivity index (χ1v) is 6.90. The van der Waals surface area contributed by atoms with Gasteiger partial charge in [-0.05, 0) is 18.2 Å². The first-order chi connectivity index (χ1) is 10.7. The van der Waals surface area contributed by atoms with Crippen LogP contribution in [-0.2, 0) is 5.60 Å². The van der Waals surface area contributed by atoms with Crippen LogP contribution in [0.5, 0.6) is 0 Å². The minimum Gasteiger partial charge on any atom is -0.381 e. The lowest BCUT2D eigenvalue weighted by atomic mass is 10.00. The van der Waals surface area contributed by atoms with E-state index >= 15 is 0 Å². The molecule has 112 valence electrons. The van der Waals surface area contributed by atoms with E-state index in [1.807, 2.05) is 4.90 Å². The summed E-state index contributed by atoms with van der Waals surface area (Å²) in [5, 5.41) is 21.6. The van der Waals surface area contributed by atoms with E-state index in [0.29, 0.717) is 41.9 Å².